The highest BCUT2D eigenvalue weighted by Gasteiger charge is 2.07. The Morgan fingerprint density at radius 1 is 1.56 bits per heavy atom. The van der Waals surface area contributed by atoms with E-state index in [1.807, 2.05) is 0 Å². The van der Waals surface area contributed by atoms with Crippen molar-refractivity contribution in [1.82, 2.24) is 9.97 Å². The van der Waals surface area contributed by atoms with Crippen molar-refractivity contribution in [2.24, 2.45) is 0 Å². The second kappa shape index (κ2) is 5.27. The molecule has 0 aliphatic rings. The number of thiophene rings is 1. The fourth-order valence-electron chi connectivity index (χ4n) is 1.47. The Kier molecular flexibility index (Phi) is 3.74. The van der Waals surface area contributed by atoms with Crippen LogP contribution in [0.1, 0.15) is 12.5 Å². The van der Waals surface area contributed by atoms with Crippen LogP contribution in [-0.4, -0.2) is 16.0 Å². The van der Waals surface area contributed by atoms with Gasteiger partial charge in [-0.3, -0.25) is 0 Å². The van der Waals surface area contributed by atoms with E-state index in [1.165, 1.54) is 11.9 Å². The Morgan fingerprint density at radius 2 is 2.44 bits per heavy atom. The number of anilines is 1. The number of nitrogens with one attached hydrogen (secondary N) is 1. The van der Waals surface area contributed by atoms with Crippen molar-refractivity contribution in [2.75, 3.05) is 5.32 Å². The van der Waals surface area contributed by atoms with Gasteiger partial charge in [0.05, 0.1) is 6.20 Å². The molecule has 2 aromatic heterocycles. The number of rotatable bonds is 4. The average Bonchev–Trinajstić information content (AvgIpc) is 2.74. The lowest BCUT2D eigenvalue weighted by Crippen LogP contribution is -2.18. The SMILES string of the molecule is CC(Cc1ccsc1)Nc1ncncc1Cl. The second-order valence-electron chi connectivity index (χ2n) is 3.60. The molecular formula is C11H12ClN3S. The second-order valence-corrected chi connectivity index (χ2v) is 4.79. The fourth-order valence-corrected chi connectivity index (χ4v) is 2.31. The number of hydrogen-bond donors (Lipinski definition) is 1. The summed E-state index contributed by atoms with van der Waals surface area (Å²) in [6.45, 7) is 2.11. The van der Waals surface area contributed by atoms with E-state index in [4.69, 9.17) is 11.6 Å². The molecule has 0 aliphatic carbocycles. The van der Waals surface area contributed by atoms with Gasteiger partial charge in [-0.15, -0.1) is 0 Å². The van der Waals surface area contributed by atoms with Crippen LogP contribution in [0.25, 0.3) is 0 Å². The number of halogens is 1. The third kappa shape index (κ3) is 2.93. The van der Waals surface area contributed by atoms with Crippen LogP contribution in [0, 0.1) is 0 Å². The maximum Gasteiger partial charge on any atom is 0.148 e. The molecule has 2 aromatic rings. The molecule has 1 atom stereocenters. The van der Waals surface area contributed by atoms with Crippen molar-refractivity contribution in [1.29, 1.82) is 0 Å². The first-order valence-corrected chi connectivity index (χ1v) is 6.31. The van der Waals surface area contributed by atoms with Crippen molar-refractivity contribution < 1.29 is 0 Å². The van der Waals surface area contributed by atoms with E-state index in [9.17, 15) is 0 Å². The molecular weight excluding hydrogens is 242 g/mol. The van der Waals surface area contributed by atoms with Crippen LogP contribution < -0.4 is 5.32 Å². The van der Waals surface area contributed by atoms with Gasteiger partial charge in [-0.25, -0.2) is 9.97 Å². The topological polar surface area (TPSA) is 37.8 Å². The minimum absolute atomic E-state index is 0.294. The third-order valence-electron chi connectivity index (χ3n) is 2.17. The summed E-state index contributed by atoms with van der Waals surface area (Å²) >= 11 is 7.68. The monoisotopic (exact) mass is 253 g/mol. The van der Waals surface area contributed by atoms with Crippen molar-refractivity contribution in [3.8, 4) is 0 Å². The van der Waals surface area contributed by atoms with Gasteiger partial charge in [0.25, 0.3) is 0 Å². The Hall–Kier alpha value is -1.13. The summed E-state index contributed by atoms with van der Waals surface area (Å²) in [6, 6.07) is 2.42. The largest absolute Gasteiger partial charge is 0.366 e. The van der Waals surface area contributed by atoms with Gasteiger partial charge in [0, 0.05) is 6.04 Å². The summed E-state index contributed by atoms with van der Waals surface area (Å²) < 4.78 is 0. The van der Waals surface area contributed by atoms with Crippen molar-refractivity contribution >= 4 is 28.8 Å². The number of aromatic nitrogens is 2. The predicted molar refractivity (Wildman–Crippen MR) is 68.1 cm³/mol. The zero-order valence-corrected chi connectivity index (χ0v) is 10.4. The average molecular weight is 254 g/mol. The Morgan fingerprint density at radius 3 is 3.12 bits per heavy atom. The lowest BCUT2D eigenvalue weighted by atomic mass is 10.1. The maximum atomic E-state index is 5.96. The smallest absolute Gasteiger partial charge is 0.148 e. The van der Waals surface area contributed by atoms with Gasteiger partial charge < -0.3 is 5.32 Å². The predicted octanol–water partition coefficient (Wildman–Crippen LogP) is 3.23. The molecule has 0 aromatic carbocycles. The molecule has 84 valence electrons. The molecule has 0 saturated carbocycles. The zero-order chi connectivity index (χ0) is 11.4. The third-order valence-corrected chi connectivity index (χ3v) is 3.18. The van der Waals surface area contributed by atoms with Crippen LogP contribution in [0.3, 0.4) is 0 Å². The van der Waals surface area contributed by atoms with Gasteiger partial charge in [0.2, 0.25) is 0 Å². The lowest BCUT2D eigenvalue weighted by Gasteiger charge is -2.14. The van der Waals surface area contributed by atoms with Crippen molar-refractivity contribution in [2.45, 2.75) is 19.4 Å². The normalized spacial score (nSPS) is 12.4. The molecule has 2 rings (SSSR count). The minimum atomic E-state index is 0.294. The van der Waals surface area contributed by atoms with Crippen LogP contribution in [-0.2, 0) is 6.42 Å². The Labute approximate surface area is 104 Å². The van der Waals surface area contributed by atoms with E-state index >= 15 is 0 Å². The number of hydrogen-bond acceptors (Lipinski definition) is 4. The van der Waals surface area contributed by atoms with E-state index in [2.05, 4.69) is 39.0 Å². The molecule has 0 amide bonds. The molecule has 0 saturated heterocycles. The Balaban J connectivity index is 1.97. The molecule has 5 heteroatoms. The van der Waals surface area contributed by atoms with Gasteiger partial charge in [-0.2, -0.15) is 11.3 Å². The molecule has 16 heavy (non-hydrogen) atoms. The van der Waals surface area contributed by atoms with Crippen LogP contribution in [0.2, 0.25) is 5.02 Å². The van der Waals surface area contributed by atoms with Gasteiger partial charge in [-0.05, 0) is 35.7 Å². The van der Waals surface area contributed by atoms with Gasteiger partial charge in [-0.1, -0.05) is 11.6 Å². The van der Waals surface area contributed by atoms with E-state index < -0.39 is 0 Å². The molecule has 1 N–H and O–H groups in total. The minimum Gasteiger partial charge on any atom is -0.366 e. The summed E-state index contributed by atoms with van der Waals surface area (Å²) in [5.41, 5.74) is 1.33. The summed E-state index contributed by atoms with van der Waals surface area (Å²) in [6.07, 6.45) is 4.05. The van der Waals surface area contributed by atoms with Gasteiger partial charge >= 0.3 is 0 Å². The molecule has 0 radical (unpaired) electrons. The van der Waals surface area contributed by atoms with Crippen LogP contribution >= 0.6 is 22.9 Å². The lowest BCUT2D eigenvalue weighted by molar-refractivity contribution is 0.786. The zero-order valence-electron chi connectivity index (χ0n) is 8.85. The summed E-state index contributed by atoms with van der Waals surface area (Å²) in [4.78, 5) is 7.94. The molecule has 0 bridgehead atoms. The van der Waals surface area contributed by atoms with Crippen molar-refractivity contribution in [3.63, 3.8) is 0 Å². The highest BCUT2D eigenvalue weighted by Crippen LogP contribution is 2.18. The fraction of sp³-hybridized carbons (Fsp3) is 0.273. The Bertz CT molecular complexity index is 444. The van der Waals surface area contributed by atoms with E-state index in [0.717, 1.165) is 6.42 Å². The van der Waals surface area contributed by atoms with Crippen LogP contribution in [0.15, 0.2) is 29.4 Å². The van der Waals surface area contributed by atoms with E-state index in [1.54, 1.807) is 17.5 Å². The quantitative estimate of drug-likeness (QED) is 0.909. The van der Waals surface area contributed by atoms with E-state index in [0.29, 0.717) is 16.9 Å². The van der Waals surface area contributed by atoms with Gasteiger partial charge in [0.1, 0.15) is 17.2 Å². The maximum absolute atomic E-state index is 5.96. The van der Waals surface area contributed by atoms with Crippen molar-refractivity contribution in [3.05, 3.63) is 39.9 Å². The summed E-state index contributed by atoms with van der Waals surface area (Å²) in [7, 11) is 0. The molecule has 1 unspecified atom stereocenters. The first kappa shape index (κ1) is 11.4. The molecule has 0 spiro atoms. The molecule has 0 fully saturated rings. The molecule has 3 nitrogen and oxygen atoms in total. The van der Waals surface area contributed by atoms with Crippen LogP contribution in [0.4, 0.5) is 5.82 Å². The highest BCUT2D eigenvalue weighted by molar-refractivity contribution is 7.07. The first-order valence-electron chi connectivity index (χ1n) is 4.99. The highest BCUT2D eigenvalue weighted by atomic mass is 35.5. The molecule has 2 heterocycles. The summed E-state index contributed by atoms with van der Waals surface area (Å²) in [5, 5.41) is 8.06. The standard InChI is InChI=1S/C11H12ClN3S/c1-8(4-9-2-3-16-6-9)15-11-10(12)5-13-7-14-11/h2-3,5-8H,4H2,1H3,(H,13,14,15). The van der Waals surface area contributed by atoms with E-state index in [-0.39, 0.29) is 0 Å². The van der Waals surface area contributed by atoms with Gasteiger partial charge in [0.15, 0.2) is 0 Å². The molecule has 0 aliphatic heterocycles. The number of nitrogens with zero attached hydrogens (tertiary/aromatic N) is 2. The summed E-state index contributed by atoms with van der Waals surface area (Å²) in [5.74, 6) is 0.694. The van der Waals surface area contributed by atoms with Crippen LogP contribution in [0.5, 0.6) is 0 Å². The first-order chi connectivity index (χ1) is 7.75.